The van der Waals surface area contributed by atoms with Crippen LogP contribution >= 0.6 is 0 Å². The summed E-state index contributed by atoms with van der Waals surface area (Å²) in [5.74, 6) is 0.318. The van der Waals surface area contributed by atoms with E-state index < -0.39 is 0 Å². The molecule has 124 valence electrons. The summed E-state index contributed by atoms with van der Waals surface area (Å²) in [5.41, 5.74) is 4.83. The molecule has 1 aliphatic rings. The first-order chi connectivity index (χ1) is 12.3. The van der Waals surface area contributed by atoms with Crippen molar-refractivity contribution in [3.8, 4) is 0 Å². The van der Waals surface area contributed by atoms with Gasteiger partial charge in [0.15, 0.2) is 0 Å². The highest BCUT2D eigenvalue weighted by Gasteiger charge is 2.30. The molecule has 3 aromatic carbocycles. The number of para-hydroxylation sites is 1. The van der Waals surface area contributed by atoms with E-state index in [2.05, 4.69) is 96.9 Å². The summed E-state index contributed by atoms with van der Waals surface area (Å²) < 4.78 is 0. The minimum absolute atomic E-state index is 0.318. The molecule has 0 N–H and O–H groups in total. The summed E-state index contributed by atoms with van der Waals surface area (Å²) >= 11 is 0. The molecular formula is C23H22N2. The molecule has 2 nitrogen and oxygen atoms in total. The average Bonchev–Trinajstić information content (AvgIpc) is 2.70. The summed E-state index contributed by atoms with van der Waals surface area (Å²) in [6.07, 6.45) is 1.05. The Bertz CT molecular complexity index is 841. The molecule has 3 aromatic rings. The fraction of sp³-hybridized carbons (Fsp3) is 0.174. The minimum atomic E-state index is 0.318. The molecule has 25 heavy (non-hydrogen) atoms. The lowest BCUT2D eigenvalue weighted by Crippen LogP contribution is -2.38. The van der Waals surface area contributed by atoms with Gasteiger partial charge in [0, 0.05) is 5.92 Å². The van der Waals surface area contributed by atoms with Gasteiger partial charge in [-0.25, -0.2) is 0 Å². The van der Waals surface area contributed by atoms with Crippen LogP contribution in [0.1, 0.15) is 30.4 Å². The van der Waals surface area contributed by atoms with Crippen molar-refractivity contribution in [2.24, 2.45) is 5.10 Å². The van der Waals surface area contributed by atoms with Crippen LogP contribution in [0.5, 0.6) is 0 Å². The Morgan fingerprint density at radius 2 is 1.32 bits per heavy atom. The molecule has 2 atom stereocenters. The van der Waals surface area contributed by atoms with E-state index in [4.69, 9.17) is 5.10 Å². The molecule has 1 aliphatic heterocycles. The molecule has 0 aromatic heterocycles. The molecule has 4 rings (SSSR count). The second kappa shape index (κ2) is 6.94. The highest BCUT2D eigenvalue weighted by atomic mass is 15.5. The van der Waals surface area contributed by atoms with E-state index in [1.807, 2.05) is 6.07 Å². The zero-order chi connectivity index (χ0) is 17.1. The normalized spacial score (nSPS) is 20.2. The van der Waals surface area contributed by atoms with E-state index in [9.17, 15) is 0 Å². The van der Waals surface area contributed by atoms with Crippen LogP contribution in [-0.2, 0) is 0 Å². The molecule has 1 heterocycles. The van der Waals surface area contributed by atoms with Crippen molar-refractivity contribution in [2.45, 2.75) is 25.3 Å². The van der Waals surface area contributed by atoms with E-state index in [1.165, 1.54) is 11.1 Å². The number of nitrogens with zero attached hydrogens (tertiary/aromatic N) is 2. The van der Waals surface area contributed by atoms with Crippen molar-refractivity contribution in [3.63, 3.8) is 0 Å². The predicted octanol–water partition coefficient (Wildman–Crippen LogP) is 5.47. The molecule has 0 radical (unpaired) electrons. The van der Waals surface area contributed by atoms with Gasteiger partial charge in [-0.15, -0.1) is 0 Å². The van der Waals surface area contributed by atoms with Crippen LogP contribution in [0.4, 0.5) is 5.69 Å². The molecule has 0 amide bonds. The highest BCUT2D eigenvalue weighted by molar-refractivity contribution is 6.06. The van der Waals surface area contributed by atoms with E-state index in [-0.39, 0.29) is 0 Å². The summed E-state index contributed by atoms with van der Waals surface area (Å²) in [7, 11) is 0. The quantitative estimate of drug-likeness (QED) is 0.623. The van der Waals surface area contributed by atoms with E-state index >= 15 is 0 Å². The number of hydrogen-bond donors (Lipinski definition) is 0. The Labute approximate surface area is 149 Å². The molecule has 0 saturated heterocycles. The fourth-order valence-electron chi connectivity index (χ4n) is 3.58. The molecule has 0 spiro atoms. The molecular weight excluding hydrogens is 304 g/mol. The maximum absolute atomic E-state index is 5.11. The zero-order valence-corrected chi connectivity index (χ0v) is 14.4. The van der Waals surface area contributed by atoms with Crippen molar-refractivity contribution < 1.29 is 0 Å². The predicted molar refractivity (Wildman–Crippen MR) is 105 cm³/mol. The molecule has 0 bridgehead atoms. The minimum Gasteiger partial charge on any atom is -0.262 e. The van der Waals surface area contributed by atoms with E-state index in [0.717, 1.165) is 17.8 Å². The van der Waals surface area contributed by atoms with Crippen LogP contribution in [-0.4, -0.2) is 11.8 Å². The van der Waals surface area contributed by atoms with Crippen molar-refractivity contribution in [1.29, 1.82) is 0 Å². The Hall–Kier alpha value is -2.87. The van der Waals surface area contributed by atoms with Gasteiger partial charge in [0.1, 0.15) is 0 Å². The van der Waals surface area contributed by atoms with Crippen molar-refractivity contribution in [1.82, 2.24) is 0 Å². The van der Waals surface area contributed by atoms with Gasteiger partial charge in [0.2, 0.25) is 0 Å². The van der Waals surface area contributed by atoms with Gasteiger partial charge in [0.25, 0.3) is 0 Å². The maximum Gasteiger partial charge on any atom is 0.0757 e. The van der Waals surface area contributed by atoms with Crippen molar-refractivity contribution in [3.05, 3.63) is 102 Å². The Balaban J connectivity index is 1.81. The summed E-state index contributed by atoms with van der Waals surface area (Å²) in [4.78, 5) is 0. The largest absolute Gasteiger partial charge is 0.262 e. The van der Waals surface area contributed by atoms with Crippen LogP contribution < -0.4 is 5.01 Å². The van der Waals surface area contributed by atoms with Crippen LogP contribution in [0.25, 0.3) is 0 Å². The Kier molecular flexibility index (Phi) is 4.34. The van der Waals surface area contributed by atoms with Crippen molar-refractivity contribution in [2.75, 3.05) is 5.01 Å². The second-order valence-corrected chi connectivity index (χ2v) is 6.58. The zero-order valence-electron chi connectivity index (χ0n) is 14.4. The van der Waals surface area contributed by atoms with Gasteiger partial charge in [-0.3, -0.25) is 5.01 Å². The van der Waals surface area contributed by atoms with E-state index in [1.54, 1.807) is 0 Å². The summed E-state index contributed by atoms with van der Waals surface area (Å²) in [6.45, 7) is 2.26. The van der Waals surface area contributed by atoms with E-state index in [0.29, 0.717) is 12.0 Å². The Morgan fingerprint density at radius 1 is 0.760 bits per heavy atom. The number of hydrazone groups is 1. The van der Waals surface area contributed by atoms with Gasteiger partial charge in [0.05, 0.1) is 17.4 Å². The third kappa shape index (κ3) is 3.20. The lowest BCUT2D eigenvalue weighted by molar-refractivity contribution is 0.555. The standard InChI is InChI=1S/C23H22N2/c1-18-17-22(19-11-5-2-6-12-19)23(20-13-7-3-8-14-20)24-25(18)21-15-9-4-10-16-21/h2-16,18,22H,17H2,1H3. The van der Waals surface area contributed by atoms with Gasteiger partial charge < -0.3 is 0 Å². The molecule has 0 fully saturated rings. The van der Waals surface area contributed by atoms with Gasteiger partial charge >= 0.3 is 0 Å². The SMILES string of the molecule is CC1CC(c2ccccc2)C(c2ccccc2)=NN1c1ccccc1. The first-order valence-corrected chi connectivity index (χ1v) is 8.86. The van der Waals surface area contributed by atoms with Gasteiger partial charge in [-0.05, 0) is 36.6 Å². The Morgan fingerprint density at radius 3 is 1.96 bits per heavy atom. The van der Waals surface area contributed by atoms with Crippen LogP contribution in [0.3, 0.4) is 0 Å². The summed E-state index contributed by atoms with van der Waals surface area (Å²) in [5, 5.41) is 7.28. The highest BCUT2D eigenvalue weighted by Crippen LogP contribution is 2.34. The molecule has 0 aliphatic carbocycles. The van der Waals surface area contributed by atoms with Crippen molar-refractivity contribution >= 4 is 11.4 Å². The van der Waals surface area contributed by atoms with Crippen LogP contribution in [0, 0.1) is 0 Å². The van der Waals surface area contributed by atoms with Crippen LogP contribution in [0.15, 0.2) is 96.1 Å². The second-order valence-electron chi connectivity index (χ2n) is 6.58. The number of hydrogen-bond acceptors (Lipinski definition) is 2. The number of benzene rings is 3. The smallest absolute Gasteiger partial charge is 0.0757 e. The lowest BCUT2D eigenvalue weighted by Gasteiger charge is -2.36. The third-order valence-corrected chi connectivity index (χ3v) is 4.83. The molecule has 2 heteroatoms. The molecule has 2 unspecified atom stereocenters. The first kappa shape index (κ1) is 15.6. The molecule has 0 saturated carbocycles. The topological polar surface area (TPSA) is 15.6 Å². The number of anilines is 1. The summed E-state index contributed by atoms with van der Waals surface area (Å²) in [6, 6.07) is 32.1. The first-order valence-electron chi connectivity index (χ1n) is 8.86. The monoisotopic (exact) mass is 326 g/mol. The number of rotatable bonds is 3. The third-order valence-electron chi connectivity index (χ3n) is 4.83. The van der Waals surface area contributed by atoms with Gasteiger partial charge in [-0.2, -0.15) is 5.10 Å². The lowest BCUT2D eigenvalue weighted by atomic mass is 9.84. The van der Waals surface area contributed by atoms with Gasteiger partial charge in [-0.1, -0.05) is 78.9 Å². The average molecular weight is 326 g/mol. The maximum atomic E-state index is 5.11. The fourth-order valence-corrected chi connectivity index (χ4v) is 3.58. The van der Waals surface area contributed by atoms with Crippen LogP contribution in [0.2, 0.25) is 0 Å².